The van der Waals surface area contributed by atoms with Crippen molar-refractivity contribution in [2.45, 2.75) is 26.4 Å². The summed E-state index contributed by atoms with van der Waals surface area (Å²) in [6.45, 7) is 5.36. The average Bonchev–Trinajstić information content (AvgIpc) is 2.64. The van der Waals surface area contributed by atoms with E-state index in [4.69, 9.17) is 16.3 Å². The number of ether oxygens (including phenoxy) is 1. The first-order valence-electron chi connectivity index (χ1n) is 5.86. The maximum atomic E-state index is 12.2. The van der Waals surface area contributed by atoms with Gasteiger partial charge in [-0.25, -0.2) is 4.79 Å². The van der Waals surface area contributed by atoms with E-state index in [0.717, 1.165) is 0 Å². The molecule has 4 nitrogen and oxygen atoms in total. The number of aromatic nitrogens is 1. The number of benzene rings is 1. The Hall–Kier alpha value is -1.51. The van der Waals surface area contributed by atoms with Crippen LogP contribution in [0.4, 0.5) is 4.79 Å². The van der Waals surface area contributed by atoms with Gasteiger partial charge in [0.2, 0.25) is 0 Å². The van der Waals surface area contributed by atoms with E-state index < -0.39 is 11.7 Å². The molecule has 0 saturated heterocycles. The molecule has 1 aromatic heterocycles. The van der Waals surface area contributed by atoms with Crippen molar-refractivity contribution in [3.8, 4) is 6.07 Å². The van der Waals surface area contributed by atoms with Crippen LogP contribution >= 0.6 is 27.5 Å². The molecule has 0 aliphatic carbocycles. The fraction of sp³-hybridized carbons (Fsp3) is 0.286. The van der Waals surface area contributed by atoms with Crippen molar-refractivity contribution in [2.24, 2.45) is 0 Å². The predicted octanol–water partition coefficient (Wildman–Crippen LogP) is 4.71. The van der Waals surface area contributed by atoms with Gasteiger partial charge >= 0.3 is 6.09 Å². The molecule has 0 unspecified atom stereocenters. The van der Waals surface area contributed by atoms with E-state index in [9.17, 15) is 10.1 Å². The highest BCUT2D eigenvalue weighted by molar-refractivity contribution is 9.10. The monoisotopic (exact) mass is 354 g/mol. The SMILES string of the molecule is CC(C)(C)OC(=O)n1cc(Br)c2cc(Cl)cc(C#N)c21. The molecule has 0 aliphatic heterocycles. The maximum Gasteiger partial charge on any atom is 0.419 e. The Labute approximate surface area is 130 Å². The Bertz CT molecular complexity index is 738. The smallest absolute Gasteiger partial charge is 0.419 e. The van der Waals surface area contributed by atoms with Crippen molar-refractivity contribution in [1.29, 1.82) is 5.26 Å². The van der Waals surface area contributed by atoms with Crippen LogP contribution in [0, 0.1) is 11.3 Å². The van der Waals surface area contributed by atoms with Crippen LogP contribution in [0.5, 0.6) is 0 Å². The van der Waals surface area contributed by atoms with Crippen LogP contribution in [0.1, 0.15) is 26.3 Å². The summed E-state index contributed by atoms with van der Waals surface area (Å²) in [6.07, 6.45) is 1.04. The molecular weight excluding hydrogens is 344 g/mol. The number of halogens is 2. The van der Waals surface area contributed by atoms with E-state index in [-0.39, 0.29) is 0 Å². The highest BCUT2D eigenvalue weighted by Gasteiger charge is 2.22. The number of nitriles is 1. The molecule has 20 heavy (non-hydrogen) atoms. The highest BCUT2D eigenvalue weighted by atomic mass is 79.9. The minimum Gasteiger partial charge on any atom is -0.443 e. The Morgan fingerprint density at radius 2 is 2.10 bits per heavy atom. The second-order valence-electron chi connectivity index (χ2n) is 5.29. The predicted molar refractivity (Wildman–Crippen MR) is 81.0 cm³/mol. The first kappa shape index (κ1) is 14.9. The van der Waals surface area contributed by atoms with Gasteiger partial charge in [0.15, 0.2) is 0 Å². The van der Waals surface area contributed by atoms with Crippen molar-refractivity contribution in [2.75, 3.05) is 0 Å². The largest absolute Gasteiger partial charge is 0.443 e. The van der Waals surface area contributed by atoms with Crippen molar-refractivity contribution in [3.63, 3.8) is 0 Å². The molecule has 0 bridgehead atoms. The van der Waals surface area contributed by atoms with Gasteiger partial charge in [0.1, 0.15) is 11.7 Å². The number of hydrogen-bond acceptors (Lipinski definition) is 3. The Morgan fingerprint density at radius 1 is 1.45 bits per heavy atom. The normalized spacial score (nSPS) is 11.4. The molecule has 1 aromatic carbocycles. The minimum absolute atomic E-state index is 0.323. The summed E-state index contributed by atoms with van der Waals surface area (Å²) in [4.78, 5) is 12.2. The van der Waals surface area contributed by atoms with Crippen LogP contribution in [-0.2, 0) is 4.74 Å². The quantitative estimate of drug-likeness (QED) is 0.687. The lowest BCUT2D eigenvalue weighted by atomic mass is 10.1. The Kier molecular flexibility index (Phi) is 3.81. The first-order valence-corrected chi connectivity index (χ1v) is 7.03. The van der Waals surface area contributed by atoms with Crippen LogP contribution in [0.25, 0.3) is 10.9 Å². The van der Waals surface area contributed by atoms with Gasteiger partial charge in [-0.3, -0.25) is 4.57 Å². The maximum absolute atomic E-state index is 12.2. The topological polar surface area (TPSA) is 55.0 Å². The van der Waals surface area contributed by atoms with Crippen molar-refractivity contribution < 1.29 is 9.53 Å². The molecule has 2 aromatic rings. The van der Waals surface area contributed by atoms with Crippen molar-refractivity contribution in [1.82, 2.24) is 4.57 Å². The number of fused-ring (bicyclic) bond motifs is 1. The minimum atomic E-state index is -0.612. The van der Waals surface area contributed by atoms with Gasteiger partial charge in [0.25, 0.3) is 0 Å². The number of carbonyl (C=O) groups is 1. The molecule has 0 N–H and O–H groups in total. The molecule has 0 amide bonds. The highest BCUT2D eigenvalue weighted by Crippen LogP contribution is 2.32. The summed E-state index contributed by atoms with van der Waals surface area (Å²) in [5, 5.41) is 10.4. The molecule has 1 heterocycles. The van der Waals surface area contributed by atoms with Crippen LogP contribution in [-0.4, -0.2) is 16.3 Å². The van der Waals surface area contributed by atoms with Gasteiger partial charge in [0, 0.05) is 21.1 Å². The van der Waals surface area contributed by atoms with E-state index in [2.05, 4.69) is 15.9 Å². The van der Waals surface area contributed by atoms with Crippen LogP contribution in [0.15, 0.2) is 22.8 Å². The molecule has 0 aliphatic rings. The van der Waals surface area contributed by atoms with Gasteiger partial charge in [-0.1, -0.05) is 11.6 Å². The number of nitrogens with zero attached hydrogens (tertiary/aromatic N) is 2. The summed E-state index contributed by atoms with van der Waals surface area (Å²) in [5.41, 5.74) is 0.196. The van der Waals surface area contributed by atoms with Gasteiger partial charge in [0.05, 0.1) is 11.1 Å². The number of hydrogen-bond donors (Lipinski definition) is 0. The Morgan fingerprint density at radius 3 is 2.65 bits per heavy atom. The van der Waals surface area contributed by atoms with Gasteiger partial charge in [-0.15, -0.1) is 0 Å². The second-order valence-corrected chi connectivity index (χ2v) is 6.58. The van der Waals surface area contributed by atoms with Crippen LogP contribution < -0.4 is 0 Å². The zero-order valence-corrected chi connectivity index (χ0v) is 13.5. The molecule has 104 valence electrons. The summed E-state index contributed by atoms with van der Waals surface area (Å²) in [6, 6.07) is 5.27. The van der Waals surface area contributed by atoms with E-state index in [1.807, 2.05) is 6.07 Å². The number of carbonyl (C=O) groups excluding carboxylic acids is 1. The van der Waals surface area contributed by atoms with Crippen molar-refractivity contribution in [3.05, 3.63) is 33.4 Å². The molecule has 6 heteroatoms. The lowest BCUT2D eigenvalue weighted by Gasteiger charge is -2.19. The third kappa shape index (κ3) is 2.82. The Balaban J connectivity index is 2.67. The number of rotatable bonds is 0. The van der Waals surface area contributed by atoms with Gasteiger partial charge < -0.3 is 4.74 Å². The molecule has 0 spiro atoms. The van der Waals surface area contributed by atoms with Gasteiger partial charge in [-0.05, 0) is 48.8 Å². The van der Waals surface area contributed by atoms with Gasteiger partial charge in [-0.2, -0.15) is 5.26 Å². The lowest BCUT2D eigenvalue weighted by molar-refractivity contribution is 0.0544. The molecular formula is C14H12BrClN2O2. The third-order valence-electron chi connectivity index (χ3n) is 2.53. The standard InChI is InChI=1S/C14H12BrClN2O2/c1-14(2,3)20-13(19)18-7-11(15)10-5-9(16)4-8(6-17)12(10)18/h4-5,7H,1-3H3. The second kappa shape index (κ2) is 5.12. The molecule has 0 saturated carbocycles. The molecule has 0 atom stereocenters. The fourth-order valence-electron chi connectivity index (χ4n) is 1.83. The lowest BCUT2D eigenvalue weighted by Crippen LogP contribution is -2.26. The van der Waals surface area contributed by atoms with Crippen molar-refractivity contribution >= 4 is 44.5 Å². The summed E-state index contributed by atoms with van der Waals surface area (Å²) >= 11 is 9.34. The molecule has 2 rings (SSSR count). The van der Waals surface area contributed by atoms with E-state index >= 15 is 0 Å². The van der Waals surface area contributed by atoms with Crippen LogP contribution in [0.2, 0.25) is 5.02 Å². The summed E-state index contributed by atoms with van der Waals surface area (Å²) in [5.74, 6) is 0. The zero-order chi connectivity index (χ0) is 15.1. The van der Waals surface area contributed by atoms with E-state index in [1.165, 1.54) is 10.6 Å². The van der Waals surface area contributed by atoms with E-state index in [1.54, 1.807) is 33.0 Å². The molecule has 0 radical (unpaired) electrons. The zero-order valence-electron chi connectivity index (χ0n) is 11.2. The summed E-state index contributed by atoms with van der Waals surface area (Å²) in [7, 11) is 0. The summed E-state index contributed by atoms with van der Waals surface area (Å²) < 4.78 is 7.33. The third-order valence-corrected chi connectivity index (χ3v) is 3.38. The fourth-order valence-corrected chi connectivity index (χ4v) is 2.55. The first-order chi connectivity index (χ1) is 9.23. The van der Waals surface area contributed by atoms with Crippen LogP contribution in [0.3, 0.4) is 0 Å². The van der Waals surface area contributed by atoms with E-state index in [0.29, 0.717) is 26.0 Å². The molecule has 0 fully saturated rings. The average molecular weight is 356 g/mol.